The monoisotopic (exact) mass is 696 g/mol. The van der Waals surface area contributed by atoms with Gasteiger partial charge < -0.3 is 52.4 Å². The quantitative estimate of drug-likeness (QED) is 0.113. The van der Waals surface area contributed by atoms with Gasteiger partial charge >= 0.3 is 5.97 Å². The van der Waals surface area contributed by atoms with Crippen LogP contribution < -0.4 is 5.73 Å². The SMILES string of the molecule is CCCCCCCCCCCC(=O)O.CN(C)[C@@H]1C(O)=C(C(N)=O)C(=O)[C@@]2(O)C(O)=C3C(=O)c4c(O)cccc4[C@@](C)(O)[C@H]3[C@H](O)[C@@H]12.O.O. The highest BCUT2D eigenvalue weighted by Gasteiger charge is 2.69. The summed E-state index contributed by atoms with van der Waals surface area (Å²) in [5.74, 6) is -10.3. The molecule has 0 radical (unpaired) electrons. The molecule has 1 amide bonds. The van der Waals surface area contributed by atoms with Gasteiger partial charge in [0.25, 0.3) is 5.91 Å². The van der Waals surface area contributed by atoms with Crippen LogP contribution in [0, 0.1) is 11.8 Å². The van der Waals surface area contributed by atoms with Crippen LogP contribution in [0.2, 0.25) is 0 Å². The fourth-order valence-corrected chi connectivity index (χ4v) is 7.19. The van der Waals surface area contributed by atoms with Crippen LogP contribution in [0.3, 0.4) is 0 Å². The molecular formula is C34H52N2O13. The first-order valence-corrected chi connectivity index (χ1v) is 16.1. The average Bonchev–Trinajstić information content (AvgIpc) is 2.98. The molecule has 1 aromatic carbocycles. The van der Waals surface area contributed by atoms with Crippen LogP contribution in [0.25, 0.3) is 0 Å². The predicted molar refractivity (Wildman–Crippen MR) is 178 cm³/mol. The van der Waals surface area contributed by atoms with E-state index in [4.69, 9.17) is 10.8 Å². The average molecular weight is 697 g/mol. The van der Waals surface area contributed by atoms with Gasteiger partial charge in [-0.05, 0) is 39.1 Å². The number of carboxylic acids is 1. The fourth-order valence-electron chi connectivity index (χ4n) is 7.19. The Morgan fingerprint density at radius 2 is 1.45 bits per heavy atom. The van der Waals surface area contributed by atoms with Crippen molar-refractivity contribution < 1.29 is 65.9 Å². The first-order chi connectivity index (χ1) is 22.0. The molecule has 13 N–H and O–H groups in total. The summed E-state index contributed by atoms with van der Waals surface area (Å²) in [6.07, 6.45) is 9.61. The lowest BCUT2D eigenvalue weighted by molar-refractivity contribution is -0.173. The number of ketones is 2. The molecule has 1 aromatic rings. The summed E-state index contributed by atoms with van der Waals surface area (Å²) < 4.78 is 0. The number of aliphatic carboxylic acids is 1. The number of phenols is 1. The molecule has 0 bridgehead atoms. The van der Waals surface area contributed by atoms with E-state index in [1.165, 1.54) is 89.1 Å². The lowest BCUT2D eigenvalue weighted by Crippen LogP contribution is -2.70. The summed E-state index contributed by atoms with van der Waals surface area (Å²) in [4.78, 5) is 50.0. The standard InChI is InChI=1S/C22H24N2O9.C12H24O2.2H2O/c1-21(32)7-5-4-6-8(25)9(7)15(26)10-12(21)17(28)13-14(24(2)3)16(27)11(20(23)31)19(30)22(13,33)18(10)29;1-2-3-4-5-6-7-8-9-10-11-12(13)14;;/h4-6,12-14,17,25,27-29,32-33H,1-3H3,(H2,23,31);2-11H2,1H3,(H,13,14);2*1H2/t12-,13-,14+,17+,21-,22+;;;/m1.../s1. The smallest absolute Gasteiger partial charge is 0.303 e. The molecule has 0 spiro atoms. The van der Waals surface area contributed by atoms with E-state index in [0.717, 1.165) is 12.8 Å². The van der Waals surface area contributed by atoms with Gasteiger partial charge in [0.2, 0.25) is 5.78 Å². The number of likely N-dealkylation sites (N-methyl/N-ethyl adjacent to an activating group) is 1. The number of amides is 1. The van der Waals surface area contributed by atoms with E-state index in [-0.39, 0.29) is 22.1 Å². The van der Waals surface area contributed by atoms with E-state index in [9.17, 15) is 49.8 Å². The highest BCUT2D eigenvalue weighted by atomic mass is 16.4. The zero-order valence-electron chi connectivity index (χ0n) is 28.4. The molecule has 276 valence electrons. The molecule has 4 rings (SSSR count). The van der Waals surface area contributed by atoms with E-state index in [2.05, 4.69) is 6.92 Å². The molecule has 0 saturated heterocycles. The largest absolute Gasteiger partial charge is 0.510 e. The second-order valence-corrected chi connectivity index (χ2v) is 13.0. The third-order valence-electron chi connectivity index (χ3n) is 9.53. The van der Waals surface area contributed by atoms with Gasteiger partial charge in [0.1, 0.15) is 22.8 Å². The van der Waals surface area contributed by atoms with Crippen LogP contribution in [0.15, 0.2) is 40.9 Å². The zero-order valence-corrected chi connectivity index (χ0v) is 28.4. The van der Waals surface area contributed by atoms with E-state index in [1.807, 2.05) is 0 Å². The van der Waals surface area contributed by atoms with Crippen molar-refractivity contribution in [2.45, 2.75) is 101 Å². The maximum atomic E-state index is 13.3. The van der Waals surface area contributed by atoms with Crippen LogP contribution in [0.4, 0.5) is 0 Å². The number of Topliss-reactive ketones (excluding diaryl/α,β-unsaturated/α-hetero) is 2. The second kappa shape index (κ2) is 17.2. The molecule has 49 heavy (non-hydrogen) atoms. The Morgan fingerprint density at radius 3 is 1.94 bits per heavy atom. The number of aliphatic hydroxyl groups excluding tert-OH is 3. The van der Waals surface area contributed by atoms with Gasteiger partial charge in [-0.3, -0.25) is 24.1 Å². The normalized spacial score (nSPS) is 27.2. The summed E-state index contributed by atoms with van der Waals surface area (Å²) in [6, 6.07) is 2.54. The van der Waals surface area contributed by atoms with Crippen molar-refractivity contribution in [3.63, 3.8) is 0 Å². The molecule has 0 aliphatic heterocycles. The van der Waals surface area contributed by atoms with Crippen molar-refractivity contribution >= 4 is 23.4 Å². The Labute approximate surface area is 285 Å². The number of hydrogen-bond acceptors (Lipinski definition) is 11. The first-order valence-electron chi connectivity index (χ1n) is 16.1. The van der Waals surface area contributed by atoms with E-state index < -0.39 is 87.0 Å². The number of hydrogen-bond donors (Lipinski definition) is 8. The van der Waals surface area contributed by atoms with Gasteiger partial charge in [-0.2, -0.15) is 0 Å². The van der Waals surface area contributed by atoms with Crippen molar-refractivity contribution in [3.05, 3.63) is 52.0 Å². The molecule has 3 aliphatic carbocycles. The number of rotatable bonds is 12. The third kappa shape index (κ3) is 7.97. The van der Waals surface area contributed by atoms with Crippen LogP contribution in [0.1, 0.15) is 94.0 Å². The van der Waals surface area contributed by atoms with Crippen molar-refractivity contribution in [1.29, 1.82) is 0 Å². The Kier molecular flexibility index (Phi) is 15.1. The molecule has 15 nitrogen and oxygen atoms in total. The molecule has 0 heterocycles. The van der Waals surface area contributed by atoms with Gasteiger partial charge in [-0.1, -0.05) is 70.4 Å². The van der Waals surface area contributed by atoms with Crippen LogP contribution in [0.5, 0.6) is 5.75 Å². The topological polar surface area (TPSA) is 302 Å². The number of primary amides is 1. The van der Waals surface area contributed by atoms with Crippen molar-refractivity contribution in [1.82, 2.24) is 4.90 Å². The van der Waals surface area contributed by atoms with Gasteiger partial charge in [0.05, 0.1) is 40.7 Å². The summed E-state index contributed by atoms with van der Waals surface area (Å²) in [7, 11) is 2.85. The first kappa shape index (κ1) is 43.2. The van der Waals surface area contributed by atoms with Crippen molar-refractivity contribution in [3.8, 4) is 5.75 Å². The van der Waals surface area contributed by atoms with Crippen LogP contribution in [-0.4, -0.2) is 107 Å². The Morgan fingerprint density at radius 1 is 0.918 bits per heavy atom. The number of carbonyl (C=O) groups is 4. The Balaban J connectivity index is 0.000000642. The molecule has 15 heteroatoms. The Bertz CT molecular complexity index is 1450. The van der Waals surface area contributed by atoms with E-state index in [0.29, 0.717) is 6.42 Å². The highest BCUT2D eigenvalue weighted by Crippen LogP contribution is 2.56. The predicted octanol–water partition coefficient (Wildman–Crippen LogP) is 1.10. The fraction of sp³-hybridized carbons (Fsp3) is 0.588. The van der Waals surface area contributed by atoms with Crippen LogP contribution >= 0.6 is 0 Å². The van der Waals surface area contributed by atoms with Gasteiger partial charge in [-0.25, -0.2) is 0 Å². The lowest BCUT2D eigenvalue weighted by atomic mass is 9.54. The maximum Gasteiger partial charge on any atom is 0.303 e. The third-order valence-corrected chi connectivity index (χ3v) is 9.53. The number of carbonyl (C=O) groups excluding carboxylic acids is 3. The number of nitrogens with zero attached hydrogens (tertiary/aromatic N) is 1. The number of aromatic hydroxyl groups is 1. The molecule has 0 aromatic heterocycles. The maximum absolute atomic E-state index is 13.3. The minimum atomic E-state index is -3.02. The number of aliphatic hydroxyl groups is 5. The molecule has 0 unspecified atom stereocenters. The van der Waals surface area contributed by atoms with Gasteiger partial charge in [0.15, 0.2) is 11.4 Å². The number of nitrogens with two attached hydrogens (primary N) is 1. The molecule has 0 fully saturated rings. The molecule has 6 atom stereocenters. The molecular weight excluding hydrogens is 644 g/mol. The molecule has 0 saturated carbocycles. The van der Waals surface area contributed by atoms with E-state index >= 15 is 0 Å². The van der Waals surface area contributed by atoms with Crippen molar-refractivity contribution in [2.75, 3.05) is 14.1 Å². The Hall–Kier alpha value is -3.86. The summed E-state index contributed by atoms with van der Waals surface area (Å²) in [5.41, 5.74) is -1.88. The minimum absolute atomic E-state index is 0. The van der Waals surface area contributed by atoms with Crippen molar-refractivity contribution in [2.24, 2.45) is 17.6 Å². The molecule has 3 aliphatic rings. The summed E-state index contributed by atoms with van der Waals surface area (Å²) in [6.45, 7) is 3.48. The number of fused-ring (bicyclic) bond motifs is 3. The van der Waals surface area contributed by atoms with Gasteiger partial charge in [-0.15, -0.1) is 0 Å². The second-order valence-electron chi connectivity index (χ2n) is 13.0. The summed E-state index contributed by atoms with van der Waals surface area (Å²) in [5, 5.41) is 74.9. The highest BCUT2D eigenvalue weighted by molar-refractivity contribution is 6.25. The lowest BCUT2D eigenvalue weighted by Gasteiger charge is -2.55. The van der Waals surface area contributed by atoms with E-state index in [1.54, 1.807) is 0 Å². The number of benzene rings is 1. The van der Waals surface area contributed by atoms with Gasteiger partial charge in [0, 0.05) is 6.42 Å². The number of phenolic OH excluding ortho intramolecular Hbond substituents is 1. The summed E-state index contributed by atoms with van der Waals surface area (Å²) >= 11 is 0. The minimum Gasteiger partial charge on any atom is -0.510 e. The number of unbranched alkanes of at least 4 members (excludes halogenated alkanes) is 8. The number of carboxylic acid groups (broad SMARTS) is 1. The van der Waals surface area contributed by atoms with Crippen LogP contribution in [-0.2, 0) is 20.0 Å². The zero-order chi connectivity index (χ0) is 35.4.